The van der Waals surface area contributed by atoms with Gasteiger partial charge in [-0.2, -0.15) is 0 Å². The number of benzene rings is 3. The van der Waals surface area contributed by atoms with Gasteiger partial charge in [0.25, 0.3) is 5.91 Å². The van der Waals surface area contributed by atoms with Crippen molar-refractivity contribution < 1.29 is 18.7 Å². The van der Waals surface area contributed by atoms with E-state index in [2.05, 4.69) is 41.0 Å². The highest BCUT2D eigenvalue weighted by Gasteiger charge is 2.31. The minimum Gasteiger partial charge on any atom is -0.460 e. The van der Waals surface area contributed by atoms with Crippen LogP contribution in [0.3, 0.4) is 0 Å². The van der Waals surface area contributed by atoms with E-state index in [9.17, 15) is 9.59 Å². The number of fused-ring (bicyclic) bond motifs is 1. The summed E-state index contributed by atoms with van der Waals surface area (Å²) >= 11 is 0. The lowest BCUT2D eigenvalue weighted by molar-refractivity contribution is -0.161. The summed E-state index contributed by atoms with van der Waals surface area (Å²) in [5.74, 6) is -0.408. The summed E-state index contributed by atoms with van der Waals surface area (Å²) in [5.41, 5.74) is 1.20. The first-order chi connectivity index (χ1) is 17.7. The number of anilines is 1. The average Bonchev–Trinajstić information content (AvgIpc) is 3.34. The number of hydrogen-bond donors (Lipinski definition) is 2. The lowest BCUT2D eigenvalue weighted by atomic mass is 9.95. The van der Waals surface area contributed by atoms with Crippen LogP contribution in [0, 0.1) is 5.92 Å². The van der Waals surface area contributed by atoms with Crippen LogP contribution in [0.25, 0.3) is 10.8 Å². The van der Waals surface area contributed by atoms with Gasteiger partial charge in [-0.25, -0.2) is 0 Å². The van der Waals surface area contributed by atoms with E-state index >= 15 is 0 Å². The van der Waals surface area contributed by atoms with Crippen LogP contribution >= 0.6 is 0 Å². The molecule has 0 radical (unpaired) electrons. The van der Waals surface area contributed by atoms with E-state index in [1.165, 1.54) is 10.8 Å². The zero-order valence-corrected chi connectivity index (χ0v) is 21.8. The van der Waals surface area contributed by atoms with Crippen LogP contribution in [0.2, 0.25) is 0 Å². The molecule has 0 saturated heterocycles. The van der Waals surface area contributed by atoms with Crippen molar-refractivity contribution >= 4 is 28.3 Å². The quantitative estimate of drug-likeness (QED) is 0.262. The fourth-order valence-electron chi connectivity index (χ4n) is 4.15. The van der Waals surface area contributed by atoms with Gasteiger partial charge < -0.3 is 19.8 Å². The first-order valence-corrected chi connectivity index (χ1v) is 12.6. The lowest BCUT2D eigenvalue weighted by Crippen LogP contribution is -2.41. The Balaban J connectivity index is 1.45. The molecule has 6 heteroatoms. The van der Waals surface area contributed by atoms with E-state index in [0.29, 0.717) is 24.4 Å². The number of hydrogen-bond acceptors (Lipinski definition) is 5. The number of ether oxygens (including phenoxy) is 1. The maximum Gasteiger partial charge on any atom is 0.311 e. The molecule has 4 aromatic rings. The fraction of sp³-hybridized carbons (Fsp3) is 0.290. The Kier molecular flexibility index (Phi) is 8.09. The van der Waals surface area contributed by atoms with Gasteiger partial charge in [0.2, 0.25) is 0 Å². The zero-order chi connectivity index (χ0) is 26.4. The van der Waals surface area contributed by atoms with E-state index in [1.54, 1.807) is 12.1 Å². The van der Waals surface area contributed by atoms with E-state index in [-0.39, 0.29) is 23.7 Å². The van der Waals surface area contributed by atoms with Crippen molar-refractivity contribution in [2.24, 2.45) is 5.92 Å². The Bertz CT molecular complexity index is 1350. The normalized spacial score (nSPS) is 13.2. The molecule has 2 atom stereocenters. The van der Waals surface area contributed by atoms with Gasteiger partial charge in [0.05, 0.1) is 5.92 Å². The van der Waals surface area contributed by atoms with Crippen molar-refractivity contribution in [2.45, 2.75) is 52.3 Å². The Labute approximate surface area is 218 Å². The monoisotopic (exact) mass is 498 g/mol. The Morgan fingerprint density at radius 2 is 1.59 bits per heavy atom. The molecule has 1 heterocycles. The van der Waals surface area contributed by atoms with Crippen molar-refractivity contribution in [3.63, 3.8) is 0 Å². The summed E-state index contributed by atoms with van der Waals surface area (Å²) in [6.45, 7) is 8.14. The molecule has 2 N–H and O–H groups in total. The number of para-hydroxylation sites is 1. The first kappa shape index (κ1) is 26.2. The van der Waals surface area contributed by atoms with Gasteiger partial charge >= 0.3 is 5.97 Å². The fourth-order valence-corrected chi connectivity index (χ4v) is 4.15. The molecule has 0 fully saturated rings. The second-order valence-corrected chi connectivity index (χ2v) is 10.3. The van der Waals surface area contributed by atoms with Gasteiger partial charge in [-0.05, 0) is 74.4 Å². The third kappa shape index (κ3) is 7.30. The third-order valence-electron chi connectivity index (χ3n) is 6.09. The van der Waals surface area contributed by atoms with Crippen LogP contribution in [-0.2, 0) is 22.5 Å². The molecule has 0 aliphatic carbocycles. The first-order valence-electron chi connectivity index (χ1n) is 12.6. The predicted octanol–water partition coefficient (Wildman–Crippen LogP) is 6.36. The topological polar surface area (TPSA) is 80.6 Å². The number of rotatable bonds is 9. The van der Waals surface area contributed by atoms with Gasteiger partial charge in [-0.1, -0.05) is 54.6 Å². The lowest BCUT2D eigenvalue weighted by Gasteiger charge is -2.27. The minimum atomic E-state index is -0.614. The molecule has 0 bridgehead atoms. The van der Waals surface area contributed by atoms with Gasteiger partial charge in [0.1, 0.15) is 11.4 Å². The van der Waals surface area contributed by atoms with E-state index in [0.717, 1.165) is 5.56 Å². The summed E-state index contributed by atoms with van der Waals surface area (Å²) in [6.07, 6.45) is 0.305. The second-order valence-electron chi connectivity index (χ2n) is 10.3. The highest BCUT2D eigenvalue weighted by atomic mass is 16.6. The van der Waals surface area contributed by atoms with Crippen LogP contribution in [0.5, 0.6) is 0 Å². The van der Waals surface area contributed by atoms with Crippen molar-refractivity contribution in [3.8, 4) is 0 Å². The Hall–Kier alpha value is -3.90. The van der Waals surface area contributed by atoms with Crippen molar-refractivity contribution in [3.05, 3.63) is 102 Å². The van der Waals surface area contributed by atoms with Crippen LogP contribution in [-0.4, -0.2) is 23.5 Å². The SMILES string of the molecule is CC(NCc1ccc2ccccc2c1)C(Cc1ccc(C(=O)Nc2ccccc2)o1)C(=O)OC(C)(C)C. The van der Waals surface area contributed by atoms with Gasteiger partial charge in [-0.3, -0.25) is 9.59 Å². The van der Waals surface area contributed by atoms with E-state index < -0.39 is 11.5 Å². The predicted molar refractivity (Wildman–Crippen MR) is 146 cm³/mol. The highest BCUT2D eigenvalue weighted by molar-refractivity contribution is 6.02. The van der Waals surface area contributed by atoms with Gasteiger partial charge in [0, 0.05) is 24.7 Å². The number of amides is 1. The summed E-state index contributed by atoms with van der Waals surface area (Å²) in [7, 11) is 0. The largest absolute Gasteiger partial charge is 0.460 e. The van der Waals surface area contributed by atoms with Crippen molar-refractivity contribution in [1.29, 1.82) is 0 Å². The maximum absolute atomic E-state index is 13.2. The molecule has 37 heavy (non-hydrogen) atoms. The second kappa shape index (κ2) is 11.4. The summed E-state index contributed by atoms with van der Waals surface area (Å²) in [4.78, 5) is 25.8. The molecule has 6 nitrogen and oxygen atoms in total. The smallest absolute Gasteiger partial charge is 0.311 e. The van der Waals surface area contributed by atoms with E-state index in [4.69, 9.17) is 9.15 Å². The molecular formula is C31H34N2O4. The van der Waals surface area contributed by atoms with E-state index in [1.807, 2.05) is 70.2 Å². The van der Waals surface area contributed by atoms with Crippen LogP contribution < -0.4 is 10.6 Å². The maximum atomic E-state index is 13.2. The summed E-state index contributed by atoms with van der Waals surface area (Å²) in [6, 6.07) is 27.0. The number of carbonyl (C=O) groups is 2. The molecule has 0 saturated carbocycles. The number of carbonyl (C=O) groups excluding carboxylic acids is 2. The molecule has 1 aromatic heterocycles. The molecule has 4 rings (SSSR count). The summed E-state index contributed by atoms with van der Waals surface area (Å²) < 4.78 is 11.6. The molecule has 1 amide bonds. The minimum absolute atomic E-state index is 0.193. The van der Waals surface area contributed by atoms with Gasteiger partial charge in [-0.15, -0.1) is 0 Å². The molecule has 0 aliphatic rings. The zero-order valence-electron chi connectivity index (χ0n) is 21.8. The Morgan fingerprint density at radius 1 is 0.892 bits per heavy atom. The van der Waals surface area contributed by atoms with Crippen molar-refractivity contribution in [2.75, 3.05) is 5.32 Å². The molecular weight excluding hydrogens is 464 g/mol. The van der Waals surface area contributed by atoms with Crippen LogP contribution in [0.4, 0.5) is 5.69 Å². The van der Waals surface area contributed by atoms with Gasteiger partial charge in [0.15, 0.2) is 5.76 Å². The van der Waals surface area contributed by atoms with Crippen molar-refractivity contribution in [1.82, 2.24) is 5.32 Å². The number of nitrogens with one attached hydrogen (secondary N) is 2. The summed E-state index contributed by atoms with van der Waals surface area (Å²) in [5, 5.41) is 8.67. The Morgan fingerprint density at radius 3 is 2.32 bits per heavy atom. The molecule has 0 spiro atoms. The average molecular weight is 499 g/mol. The standard InChI is InChI=1S/C31H34N2O4/c1-21(32-20-22-14-15-23-10-8-9-11-24(23)18-22)27(30(35)37-31(2,3)4)19-26-16-17-28(36-26)29(34)33-25-12-6-5-7-13-25/h5-18,21,27,32H,19-20H2,1-4H3,(H,33,34). The number of esters is 1. The van der Waals surface area contributed by atoms with Crippen LogP contribution in [0.1, 0.15) is 49.6 Å². The molecule has 0 aliphatic heterocycles. The highest BCUT2D eigenvalue weighted by Crippen LogP contribution is 2.22. The van der Waals surface area contributed by atoms with Crippen LogP contribution in [0.15, 0.2) is 89.3 Å². The molecule has 192 valence electrons. The third-order valence-corrected chi connectivity index (χ3v) is 6.09. The molecule has 2 unspecified atom stereocenters. The number of furan rings is 1. The molecule has 3 aromatic carbocycles.